The summed E-state index contributed by atoms with van der Waals surface area (Å²) in [4.78, 5) is 2.36. The highest BCUT2D eigenvalue weighted by Gasteiger charge is 2.53. The van der Waals surface area contributed by atoms with E-state index in [9.17, 15) is 15.3 Å². The molecule has 2 saturated heterocycles. The molecule has 5 aromatic rings. The molecule has 0 aromatic heterocycles. The monoisotopic (exact) mass is 653 g/mol. The Bertz CT molecular complexity index is 1770. The number of aromatic hydroxyl groups is 1. The zero-order valence-electron chi connectivity index (χ0n) is 28.7. The molecule has 3 N–H and O–H groups in total. The summed E-state index contributed by atoms with van der Waals surface area (Å²) in [5.41, 5.74) is 4.08. The molecule has 3 atom stereocenters. The van der Waals surface area contributed by atoms with Crippen LogP contribution in [0.1, 0.15) is 64.6 Å². The van der Waals surface area contributed by atoms with Crippen molar-refractivity contribution in [3.63, 3.8) is 0 Å². The molecule has 5 heteroatoms. The molecule has 0 spiro atoms. The number of likely N-dealkylation sites (N-methyl/N-ethyl adjacent to an activating group) is 1. The minimum absolute atomic E-state index is 0.102. The van der Waals surface area contributed by atoms with Gasteiger partial charge in [0, 0.05) is 36.6 Å². The third kappa shape index (κ3) is 6.10. The Hall–Kier alpha value is -4.26. The Morgan fingerprint density at radius 1 is 0.653 bits per heavy atom. The number of aryl methyl sites for hydroxylation is 1. The number of hydrogen-bond donors (Lipinski definition) is 3. The number of rotatable bonds is 10. The van der Waals surface area contributed by atoms with Crippen molar-refractivity contribution in [3.8, 4) is 5.75 Å². The second-order valence-electron chi connectivity index (χ2n) is 14.6. The summed E-state index contributed by atoms with van der Waals surface area (Å²) in [6.07, 6.45) is 3.70. The van der Waals surface area contributed by atoms with Crippen LogP contribution in [-0.4, -0.2) is 56.9 Å². The van der Waals surface area contributed by atoms with Gasteiger partial charge in [0.2, 0.25) is 0 Å². The van der Waals surface area contributed by atoms with Gasteiger partial charge in [-0.05, 0) is 54.6 Å². The summed E-state index contributed by atoms with van der Waals surface area (Å²) < 4.78 is 0.616. The molecule has 0 bridgehead atoms. The molecule has 2 aliphatic rings. The van der Waals surface area contributed by atoms with Crippen molar-refractivity contribution in [1.29, 1.82) is 0 Å². The maximum Gasteiger partial charge on any atom is 0.166 e. The van der Waals surface area contributed by atoms with Crippen molar-refractivity contribution in [2.24, 2.45) is 0 Å². The van der Waals surface area contributed by atoms with Crippen LogP contribution in [0.15, 0.2) is 133 Å². The van der Waals surface area contributed by atoms with Crippen LogP contribution in [0, 0.1) is 6.92 Å². The summed E-state index contributed by atoms with van der Waals surface area (Å²) in [6.45, 7) is 4.99. The normalized spacial score (nSPS) is 21.6. The van der Waals surface area contributed by atoms with Crippen molar-refractivity contribution in [3.05, 3.63) is 172 Å². The van der Waals surface area contributed by atoms with Crippen LogP contribution in [-0.2, 0) is 24.3 Å². The van der Waals surface area contributed by atoms with Crippen molar-refractivity contribution in [2.45, 2.75) is 69.0 Å². The highest BCUT2D eigenvalue weighted by atomic mass is 16.3. The number of hydrogen-bond acceptors (Lipinski definition) is 4. The van der Waals surface area contributed by atoms with E-state index in [1.54, 1.807) is 0 Å². The number of benzene rings is 5. The van der Waals surface area contributed by atoms with Crippen LogP contribution in [0.4, 0.5) is 0 Å². The van der Waals surface area contributed by atoms with Crippen molar-refractivity contribution in [1.82, 2.24) is 4.90 Å². The van der Waals surface area contributed by atoms with Crippen molar-refractivity contribution >= 4 is 0 Å². The highest BCUT2D eigenvalue weighted by molar-refractivity contribution is 5.45. The second-order valence-corrected chi connectivity index (χ2v) is 14.6. The predicted molar refractivity (Wildman–Crippen MR) is 196 cm³/mol. The number of aliphatic hydroxyl groups is 2. The minimum atomic E-state index is -1.19. The molecule has 0 radical (unpaired) electrons. The zero-order chi connectivity index (χ0) is 34.1. The average molecular weight is 654 g/mol. The van der Waals surface area contributed by atoms with E-state index in [0.717, 1.165) is 77.7 Å². The number of quaternary nitrogens is 1. The van der Waals surface area contributed by atoms with E-state index in [1.165, 1.54) is 0 Å². The smallest absolute Gasteiger partial charge is 0.166 e. The first-order chi connectivity index (χ1) is 23.7. The summed E-state index contributed by atoms with van der Waals surface area (Å²) in [7, 11) is 2.24. The van der Waals surface area contributed by atoms with Gasteiger partial charge in [-0.25, -0.2) is 0 Å². The molecule has 3 unspecified atom stereocenters. The molecule has 0 amide bonds. The van der Waals surface area contributed by atoms with Gasteiger partial charge in [-0.3, -0.25) is 4.90 Å². The van der Waals surface area contributed by atoms with Gasteiger partial charge in [-0.2, -0.15) is 0 Å². The Morgan fingerprint density at radius 2 is 1.12 bits per heavy atom. The Balaban J connectivity index is 1.22. The van der Waals surface area contributed by atoms with E-state index in [4.69, 9.17) is 0 Å². The molecule has 0 aliphatic carbocycles. The van der Waals surface area contributed by atoms with E-state index in [0.29, 0.717) is 23.3 Å². The van der Waals surface area contributed by atoms with Crippen LogP contribution in [0.25, 0.3) is 0 Å². The van der Waals surface area contributed by atoms with Crippen LogP contribution in [0.5, 0.6) is 5.75 Å². The van der Waals surface area contributed by atoms with E-state index in [2.05, 4.69) is 31.0 Å². The second kappa shape index (κ2) is 13.6. The molecule has 2 fully saturated rings. The Morgan fingerprint density at radius 3 is 1.63 bits per heavy atom. The van der Waals surface area contributed by atoms with Crippen molar-refractivity contribution < 1.29 is 19.8 Å². The van der Waals surface area contributed by atoms with Crippen LogP contribution in [0.3, 0.4) is 0 Å². The third-order valence-corrected chi connectivity index (χ3v) is 11.4. The first kappa shape index (κ1) is 33.2. The fraction of sp³-hybridized carbons (Fsp3) is 0.318. The molecule has 2 aliphatic heterocycles. The highest BCUT2D eigenvalue weighted by Crippen LogP contribution is 2.46. The van der Waals surface area contributed by atoms with Crippen LogP contribution < -0.4 is 0 Å². The fourth-order valence-electron chi connectivity index (χ4n) is 9.11. The number of phenols is 1. The van der Waals surface area contributed by atoms with Gasteiger partial charge in [0.05, 0.1) is 13.6 Å². The molecular formula is C44H49N2O3+. The molecular weight excluding hydrogens is 604 g/mol. The number of phenolic OH excluding ortho intramolecular Hbond substituents is 1. The summed E-state index contributed by atoms with van der Waals surface area (Å²) in [5.74, 6) is 0.326. The maximum atomic E-state index is 12.8. The maximum absolute atomic E-state index is 12.8. The van der Waals surface area contributed by atoms with Crippen LogP contribution >= 0.6 is 0 Å². The third-order valence-electron chi connectivity index (χ3n) is 11.4. The van der Waals surface area contributed by atoms with Gasteiger partial charge < -0.3 is 19.8 Å². The summed E-state index contributed by atoms with van der Waals surface area (Å²) in [6, 6.07) is 44.2. The molecule has 5 nitrogen and oxygen atoms in total. The first-order valence-electron chi connectivity index (χ1n) is 17.8. The number of likely N-dealkylation sites (tertiary alicyclic amines) is 2. The van der Waals surface area contributed by atoms with Gasteiger partial charge in [-0.1, -0.05) is 133 Å². The van der Waals surface area contributed by atoms with Gasteiger partial charge >= 0.3 is 0 Å². The quantitative estimate of drug-likeness (QED) is 0.136. The van der Waals surface area contributed by atoms with Gasteiger partial charge in [0.25, 0.3) is 0 Å². The van der Waals surface area contributed by atoms with E-state index in [-0.39, 0.29) is 12.1 Å². The lowest BCUT2D eigenvalue weighted by Gasteiger charge is -2.45. The SMILES string of the molecule is Cc1cc(CN2CCCC2C(O)(c2ccccc2)c2ccccc2)c(O)c(C[N+]2(C)CCCC2C(O)(c2ccccc2)c2ccccc2)c1. The average Bonchev–Trinajstić information content (AvgIpc) is 3.78. The van der Waals surface area contributed by atoms with E-state index < -0.39 is 11.2 Å². The first-order valence-corrected chi connectivity index (χ1v) is 17.8. The molecule has 49 heavy (non-hydrogen) atoms. The lowest BCUT2D eigenvalue weighted by molar-refractivity contribution is -0.940. The fourth-order valence-corrected chi connectivity index (χ4v) is 9.11. The topological polar surface area (TPSA) is 63.9 Å². The predicted octanol–water partition coefficient (Wildman–Crippen LogP) is 7.65. The molecule has 0 saturated carbocycles. The number of nitrogens with zero attached hydrogens (tertiary/aromatic N) is 2. The van der Waals surface area contributed by atoms with E-state index in [1.807, 2.05) is 121 Å². The summed E-state index contributed by atoms with van der Waals surface area (Å²) in [5, 5.41) is 37.5. The zero-order valence-corrected chi connectivity index (χ0v) is 28.7. The Labute approximate surface area is 291 Å². The lowest BCUT2D eigenvalue weighted by atomic mass is 9.78. The molecule has 252 valence electrons. The molecule has 7 rings (SSSR count). The largest absolute Gasteiger partial charge is 0.507 e. The molecule has 2 heterocycles. The summed E-state index contributed by atoms with van der Waals surface area (Å²) >= 11 is 0. The Kier molecular flexibility index (Phi) is 9.21. The lowest BCUT2D eigenvalue weighted by Crippen LogP contribution is -2.57. The van der Waals surface area contributed by atoms with Gasteiger partial charge in [0.1, 0.15) is 23.9 Å². The van der Waals surface area contributed by atoms with Crippen molar-refractivity contribution in [2.75, 3.05) is 20.1 Å². The van der Waals surface area contributed by atoms with Gasteiger partial charge in [0.15, 0.2) is 5.60 Å². The van der Waals surface area contributed by atoms with Gasteiger partial charge in [-0.15, -0.1) is 0 Å². The van der Waals surface area contributed by atoms with E-state index >= 15 is 0 Å². The standard InChI is InChI=1S/C44H48N2O3/c1-33-29-34(31-45-27-15-25-40(45)43(48,36-17-7-3-8-18-36)37-19-9-4-10-20-37)42(47)35(30-33)32-46(2)28-16-26-41(46)44(49,38-21-11-5-12-22-38)39-23-13-6-14-24-39/h3-14,17-24,29-30,40-41,48-49H,15-16,25-28,31-32H2,1-2H3/p+1. The molecule has 5 aromatic carbocycles. The minimum Gasteiger partial charge on any atom is -0.507 e. The van der Waals surface area contributed by atoms with Crippen LogP contribution in [0.2, 0.25) is 0 Å².